The number of anilines is 1. The molecule has 0 amide bonds. The van der Waals surface area contributed by atoms with E-state index in [-0.39, 0.29) is 37.4 Å². The lowest BCUT2D eigenvalue weighted by molar-refractivity contribution is 0.242. The second-order valence-corrected chi connectivity index (χ2v) is 12.3. The second-order valence-electron chi connectivity index (χ2n) is 10.1. The van der Waals surface area contributed by atoms with Gasteiger partial charge in [-0.1, -0.05) is 30.7 Å². The van der Waals surface area contributed by atoms with E-state index in [1.54, 1.807) is 48.7 Å². The summed E-state index contributed by atoms with van der Waals surface area (Å²) in [7, 11) is -3.76. The molecule has 13 heteroatoms. The maximum absolute atomic E-state index is 13.5. The quantitative estimate of drug-likeness (QED) is 0.377. The van der Waals surface area contributed by atoms with Gasteiger partial charge < -0.3 is 14.7 Å². The summed E-state index contributed by atoms with van der Waals surface area (Å²) in [6, 6.07) is 12.0. The predicted octanol–water partition coefficient (Wildman–Crippen LogP) is 2.11. The lowest BCUT2D eigenvalue weighted by Gasteiger charge is -2.35. The van der Waals surface area contributed by atoms with E-state index in [9.17, 15) is 18.3 Å². The number of hydrogen-bond donors (Lipinski definition) is 2. The molecule has 3 aromatic rings. The van der Waals surface area contributed by atoms with Crippen molar-refractivity contribution >= 4 is 27.5 Å². The van der Waals surface area contributed by atoms with Crippen LogP contribution >= 0.6 is 11.6 Å². The third-order valence-electron chi connectivity index (χ3n) is 7.02. The molecule has 1 saturated carbocycles. The van der Waals surface area contributed by atoms with Crippen LogP contribution in [0.4, 0.5) is 5.69 Å². The molecule has 1 aliphatic heterocycles. The zero-order valence-corrected chi connectivity index (χ0v) is 23.2. The summed E-state index contributed by atoms with van der Waals surface area (Å²) in [5, 5.41) is 14.1. The second kappa shape index (κ2) is 11.2. The van der Waals surface area contributed by atoms with E-state index >= 15 is 0 Å². The molecule has 0 atom stereocenters. The van der Waals surface area contributed by atoms with Gasteiger partial charge in [-0.25, -0.2) is 0 Å². The number of aliphatic hydroxyl groups is 1. The Morgan fingerprint density at radius 2 is 1.82 bits per heavy atom. The van der Waals surface area contributed by atoms with Crippen LogP contribution < -0.4 is 19.9 Å². The van der Waals surface area contributed by atoms with Crippen molar-refractivity contribution in [3.05, 3.63) is 75.4 Å². The van der Waals surface area contributed by atoms with Crippen LogP contribution in [0.25, 0.3) is 5.69 Å². The molecule has 5 rings (SSSR count). The van der Waals surface area contributed by atoms with Crippen LogP contribution in [-0.4, -0.2) is 65.4 Å². The summed E-state index contributed by atoms with van der Waals surface area (Å²) in [5.41, 5.74) is 1.72. The molecule has 0 bridgehead atoms. The molecular formula is C26H31ClN6O5S. The number of ether oxygens (including phenoxy) is 1. The van der Waals surface area contributed by atoms with Crippen molar-refractivity contribution < 1.29 is 18.3 Å². The van der Waals surface area contributed by atoms with E-state index in [4.69, 9.17) is 16.3 Å². The molecule has 2 aromatic heterocycles. The molecule has 39 heavy (non-hydrogen) atoms. The Hall–Kier alpha value is -3.03. The number of halogens is 1. The lowest BCUT2D eigenvalue weighted by Crippen LogP contribution is -2.52. The van der Waals surface area contributed by atoms with E-state index < -0.39 is 15.8 Å². The minimum absolute atomic E-state index is 0.0127. The van der Waals surface area contributed by atoms with Crippen molar-refractivity contribution in [1.82, 2.24) is 23.8 Å². The number of aliphatic hydroxyl groups excluding tert-OH is 1. The fraction of sp³-hybridized carbons (Fsp3) is 0.423. The number of rotatable bonds is 10. The first-order valence-corrected chi connectivity index (χ1v) is 14.6. The van der Waals surface area contributed by atoms with Gasteiger partial charge in [0.2, 0.25) is 5.75 Å². The van der Waals surface area contributed by atoms with Crippen LogP contribution in [0.1, 0.15) is 31.2 Å². The third-order valence-corrected chi connectivity index (χ3v) is 8.81. The number of benzene rings is 1. The molecule has 2 aliphatic rings. The molecule has 2 N–H and O–H groups in total. The highest BCUT2D eigenvalue weighted by molar-refractivity contribution is 7.87. The van der Waals surface area contributed by atoms with Crippen molar-refractivity contribution in [2.24, 2.45) is 5.41 Å². The minimum Gasteiger partial charge on any atom is -0.486 e. The zero-order chi connectivity index (χ0) is 27.6. The number of piperazine rings is 1. The molecule has 11 nitrogen and oxygen atoms in total. The van der Waals surface area contributed by atoms with Crippen molar-refractivity contribution in [3.63, 3.8) is 0 Å². The van der Waals surface area contributed by atoms with Gasteiger partial charge in [0, 0.05) is 36.6 Å². The Balaban J connectivity index is 1.31. The Labute approximate surface area is 232 Å². The van der Waals surface area contributed by atoms with Gasteiger partial charge in [0.1, 0.15) is 5.69 Å². The van der Waals surface area contributed by atoms with Crippen molar-refractivity contribution in [2.75, 3.05) is 37.7 Å². The van der Waals surface area contributed by atoms with E-state index in [0.29, 0.717) is 47.5 Å². The molecule has 0 spiro atoms. The summed E-state index contributed by atoms with van der Waals surface area (Å²) < 4.78 is 37.2. The molecule has 2 fully saturated rings. The molecule has 208 valence electrons. The predicted molar refractivity (Wildman–Crippen MR) is 147 cm³/mol. The van der Waals surface area contributed by atoms with Crippen LogP contribution in [-0.2, 0) is 23.4 Å². The number of pyridine rings is 1. The fourth-order valence-corrected chi connectivity index (χ4v) is 5.67. The Morgan fingerprint density at radius 3 is 2.51 bits per heavy atom. The number of nitrogens with zero attached hydrogens (tertiary/aromatic N) is 5. The highest BCUT2D eigenvalue weighted by atomic mass is 35.5. The normalized spacial score (nSPS) is 17.3. The highest BCUT2D eigenvalue weighted by Crippen LogP contribution is 2.45. The van der Waals surface area contributed by atoms with E-state index in [0.717, 1.165) is 12.8 Å². The number of hydrogen-bond acceptors (Lipinski definition) is 8. The summed E-state index contributed by atoms with van der Waals surface area (Å²) in [6.07, 6.45) is 3.67. The highest BCUT2D eigenvalue weighted by Gasteiger charge is 2.39. The molecule has 3 heterocycles. The van der Waals surface area contributed by atoms with Gasteiger partial charge in [-0.15, -0.1) is 0 Å². The summed E-state index contributed by atoms with van der Waals surface area (Å²) in [6.45, 7) is 3.48. The van der Waals surface area contributed by atoms with Gasteiger partial charge in [-0.2, -0.15) is 27.2 Å². The number of nitrogens with one attached hydrogen (secondary N) is 1. The van der Waals surface area contributed by atoms with Gasteiger partial charge >= 0.3 is 5.56 Å². The van der Waals surface area contributed by atoms with Gasteiger partial charge in [-0.3, -0.25) is 9.78 Å². The third kappa shape index (κ3) is 6.42. The SMILES string of the molecule is CC1(COc2c(N3CCN(S(=O)(=O)NCc4cccc(CO)n4)CC3)cnn(-c3cccc(Cl)c3)c2=O)CC1. The molecule has 1 saturated heterocycles. The van der Waals surface area contributed by atoms with Crippen LogP contribution in [0.2, 0.25) is 5.02 Å². The van der Waals surface area contributed by atoms with Crippen LogP contribution in [0.3, 0.4) is 0 Å². The Kier molecular flexibility index (Phi) is 7.92. The van der Waals surface area contributed by atoms with Gasteiger partial charge in [0.25, 0.3) is 10.2 Å². The Morgan fingerprint density at radius 1 is 1.10 bits per heavy atom. The summed E-state index contributed by atoms with van der Waals surface area (Å²) in [5.74, 6) is 0.197. The first-order valence-electron chi connectivity index (χ1n) is 12.7. The van der Waals surface area contributed by atoms with Crippen LogP contribution in [0.15, 0.2) is 53.5 Å². The van der Waals surface area contributed by atoms with Gasteiger partial charge in [-0.05, 0) is 43.2 Å². The maximum atomic E-state index is 13.5. The van der Waals surface area contributed by atoms with E-state index in [1.165, 1.54) is 8.99 Å². The standard InChI is InChI=1S/C26H31ClN6O5S/c1-26(8-9-26)18-38-24-23(16-28-33(25(24)35)22-7-2-4-19(27)14-22)31-10-12-32(13-11-31)39(36,37)29-15-20-5-3-6-21(17-34)30-20/h2-7,14,16,29,34H,8-13,15,17-18H2,1H3. The lowest BCUT2D eigenvalue weighted by atomic mass is 10.2. The largest absolute Gasteiger partial charge is 0.486 e. The average Bonchev–Trinajstić information content (AvgIpc) is 3.68. The van der Waals surface area contributed by atoms with E-state index in [2.05, 4.69) is 21.7 Å². The number of aromatic nitrogens is 3. The topological polar surface area (TPSA) is 130 Å². The first-order chi connectivity index (χ1) is 18.7. The average molecular weight is 575 g/mol. The van der Waals surface area contributed by atoms with Crippen molar-refractivity contribution in [3.8, 4) is 11.4 Å². The monoisotopic (exact) mass is 574 g/mol. The van der Waals surface area contributed by atoms with E-state index in [1.807, 2.05) is 4.90 Å². The smallest absolute Gasteiger partial charge is 0.316 e. The van der Waals surface area contributed by atoms with Crippen LogP contribution in [0, 0.1) is 5.41 Å². The molecular weight excluding hydrogens is 544 g/mol. The fourth-order valence-electron chi connectivity index (χ4n) is 4.33. The first kappa shape index (κ1) is 27.5. The zero-order valence-electron chi connectivity index (χ0n) is 21.6. The molecule has 0 radical (unpaired) electrons. The summed E-state index contributed by atoms with van der Waals surface area (Å²) >= 11 is 6.14. The van der Waals surface area contributed by atoms with Gasteiger partial charge in [0.05, 0.1) is 43.0 Å². The van der Waals surface area contributed by atoms with Gasteiger partial charge in [0.15, 0.2) is 0 Å². The Bertz CT molecular complexity index is 1500. The minimum atomic E-state index is -3.76. The van der Waals surface area contributed by atoms with Crippen LogP contribution in [0.5, 0.6) is 5.75 Å². The summed E-state index contributed by atoms with van der Waals surface area (Å²) in [4.78, 5) is 19.7. The molecule has 1 aromatic carbocycles. The molecule has 0 unspecified atom stereocenters. The molecule has 1 aliphatic carbocycles. The van der Waals surface area contributed by atoms with Crippen molar-refractivity contribution in [1.29, 1.82) is 0 Å². The maximum Gasteiger partial charge on any atom is 0.316 e. The van der Waals surface area contributed by atoms with Crippen molar-refractivity contribution in [2.45, 2.75) is 32.9 Å².